The Morgan fingerprint density at radius 3 is 2.03 bits per heavy atom. The summed E-state index contributed by atoms with van der Waals surface area (Å²) in [4.78, 5) is 20.8. The van der Waals surface area contributed by atoms with Crippen molar-refractivity contribution in [3.63, 3.8) is 0 Å². The molecule has 1 amide bonds. The first-order valence-corrected chi connectivity index (χ1v) is 13.5. The van der Waals surface area contributed by atoms with Crippen LogP contribution < -0.4 is 16.2 Å². The van der Waals surface area contributed by atoms with Gasteiger partial charge in [-0.25, -0.2) is 4.98 Å². The van der Waals surface area contributed by atoms with Crippen LogP contribution in [0.2, 0.25) is 0 Å². The summed E-state index contributed by atoms with van der Waals surface area (Å²) in [5.74, 6) is -0.407. The van der Waals surface area contributed by atoms with Gasteiger partial charge < -0.3 is 21.3 Å². The van der Waals surface area contributed by atoms with Gasteiger partial charge in [-0.1, -0.05) is 42.5 Å². The van der Waals surface area contributed by atoms with E-state index in [1.165, 1.54) is 0 Å². The van der Waals surface area contributed by atoms with Crippen molar-refractivity contribution in [1.82, 2.24) is 4.98 Å². The molecule has 0 fully saturated rings. The highest BCUT2D eigenvalue weighted by Crippen LogP contribution is 2.31. The van der Waals surface area contributed by atoms with E-state index in [1.54, 1.807) is 24.3 Å². The predicted octanol–water partition coefficient (Wildman–Crippen LogP) is 0.695. The van der Waals surface area contributed by atoms with E-state index < -0.39 is 26.1 Å². The fourth-order valence-corrected chi connectivity index (χ4v) is 2.61. The van der Waals surface area contributed by atoms with E-state index in [9.17, 15) is 21.6 Å². The van der Waals surface area contributed by atoms with Gasteiger partial charge in [0.05, 0.1) is 30.4 Å². The number of fused-ring (bicyclic) bond motifs is 1. The maximum Gasteiger partial charge on any atom is 0.280 e. The molecule has 13 nitrogen and oxygen atoms in total. The number of aliphatic hydroxyl groups excluding tert-OH is 1. The predicted molar refractivity (Wildman–Crippen MR) is 135 cm³/mol. The Morgan fingerprint density at radius 2 is 1.53 bits per heavy atom. The Bertz CT molecular complexity index is 1380. The first-order valence-electron chi connectivity index (χ1n) is 9.82. The van der Waals surface area contributed by atoms with Crippen LogP contribution in [0.5, 0.6) is 5.75 Å². The number of para-hydroxylation sites is 1. The second kappa shape index (κ2) is 13.5. The minimum absolute atomic E-state index is 0.119. The summed E-state index contributed by atoms with van der Waals surface area (Å²) in [5.41, 5.74) is 13.0. The van der Waals surface area contributed by atoms with Gasteiger partial charge in [0.1, 0.15) is 17.9 Å². The lowest BCUT2D eigenvalue weighted by Gasteiger charge is -2.12. The summed E-state index contributed by atoms with van der Waals surface area (Å²) >= 11 is 0. The van der Waals surface area contributed by atoms with Crippen molar-refractivity contribution in [2.24, 2.45) is 16.5 Å². The number of amides is 1. The molecule has 1 heterocycles. The molecule has 0 bridgehead atoms. The van der Waals surface area contributed by atoms with Crippen LogP contribution in [0.3, 0.4) is 0 Å². The van der Waals surface area contributed by atoms with Crippen molar-refractivity contribution in [2.75, 3.05) is 25.7 Å². The molecule has 3 rings (SSSR count). The molecule has 0 aliphatic rings. The Hall–Kier alpha value is -3.63. The Balaban J connectivity index is 0.000000550. The summed E-state index contributed by atoms with van der Waals surface area (Å²) < 4.78 is 57.3. The van der Waals surface area contributed by atoms with Crippen LogP contribution in [-0.2, 0) is 20.2 Å². The Morgan fingerprint density at radius 1 is 0.972 bits per heavy atom. The minimum atomic E-state index is -3.67. The fourth-order valence-electron chi connectivity index (χ4n) is 2.61. The van der Waals surface area contributed by atoms with Crippen LogP contribution in [0.1, 0.15) is 10.4 Å². The number of aliphatic hydroxyl groups is 1. The van der Waals surface area contributed by atoms with E-state index >= 15 is 0 Å². The van der Waals surface area contributed by atoms with E-state index in [-0.39, 0.29) is 19.2 Å². The highest BCUT2D eigenvalue weighted by atomic mass is 32.2. The Kier molecular flexibility index (Phi) is 11.4. The summed E-state index contributed by atoms with van der Waals surface area (Å²) in [6.07, 6.45) is 1.43. The lowest BCUT2D eigenvalue weighted by molar-refractivity contribution is 0.100. The molecule has 2 aromatic carbocycles. The summed E-state index contributed by atoms with van der Waals surface area (Å²) in [6.45, 7) is -0.0118. The van der Waals surface area contributed by atoms with Crippen molar-refractivity contribution in [3.8, 4) is 17.0 Å². The minimum Gasteiger partial charge on any atom is -0.489 e. The van der Waals surface area contributed by atoms with Gasteiger partial charge in [0.25, 0.3) is 26.1 Å². The van der Waals surface area contributed by atoms with E-state index in [0.29, 0.717) is 40.4 Å². The van der Waals surface area contributed by atoms with Gasteiger partial charge in [-0.05, 0) is 12.1 Å². The zero-order valence-corrected chi connectivity index (χ0v) is 20.9. The first-order chi connectivity index (χ1) is 16.6. The molecule has 0 spiro atoms. The smallest absolute Gasteiger partial charge is 0.280 e. The van der Waals surface area contributed by atoms with Crippen molar-refractivity contribution in [1.29, 1.82) is 0 Å². The molecule has 0 aliphatic heterocycles. The number of guanidine groups is 1. The van der Waals surface area contributed by atoms with Crippen LogP contribution in [0.25, 0.3) is 22.2 Å². The summed E-state index contributed by atoms with van der Waals surface area (Å²) in [7, 11) is -7.33. The van der Waals surface area contributed by atoms with Crippen molar-refractivity contribution >= 4 is 43.0 Å². The standard InChI is InChI=1S/C19H18N4O3.2CH4O3S/c20-19(21)23-18(25)14-11-15(12-5-2-1-3-6-12)22-17-13(14)7-4-8-16(17)26-10-9-24;2*1-5(2,3)4/h1-8,11,24H,9-10H2,(H4,20,21,23,25);2*1H3,(H,2,3,4). The lowest BCUT2D eigenvalue weighted by atomic mass is 10.0. The number of aliphatic imine (C=N–C) groups is 1. The van der Waals surface area contributed by atoms with Crippen LogP contribution >= 0.6 is 0 Å². The van der Waals surface area contributed by atoms with Gasteiger partial charge in [-0.3, -0.25) is 13.9 Å². The quantitative estimate of drug-likeness (QED) is 0.170. The van der Waals surface area contributed by atoms with E-state index in [4.69, 9.17) is 30.4 Å². The van der Waals surface area contributed by atoms with Crippen LogP contribution in [0.15, 0.2) is 59.6 Å². The number of nitrogens with two attached hydrogens (primary N) is 2. The number of pyridine rings is 1. The normalized spacial score (nSPS) is 10.8. The molecule has 15 heteroatoms. The third-order valence-electron chi connectivity index (χ3n) is 3.68. The number of carbonyl (C=O) groups excluding carboxylic acids is 1. The van der Waals surface area contributed by atoms with E-state index in [2.05, 4.69) is 9.98 Å². The number of nitrogens with zero attached hydrogens (tertiary/aromatic N) is 2. The SMILES string of the molecule is CS(=O)(=O)O.CS(=O)(=O)O.NC(N)=NC(=O)c1cc(-c2ccccc2)nc2c(OCCO)cccc12. The second-order valence-electron chi connectivity index (χ2n) is 6.95. The highest BCUT2D eigenvalue weighted by Gasteiger charge is 2.16. The number of ether oxygens (including phenoxy) is 1. The maximum absolute atomic E-state index is 12.5. The number of carbonyl (C=O) groups is 1. The number of hydrogen-bond acceptors (Lipinski definition) is 8. The lowest BCUT2D eigenvalue weighted by Crippen LogP contribution is -2.24. The third-order valence-corrected chi connectivity index (χ3v) is 3.68. The molecule has 3 aromatic rings. The molecule has 7 N–H and O–H groups in total. The van der Waals surface area contributed by atoms with Crippen molar-refractivity contribution in [2.45, 2.75) is 0 Å². The highest BCUT2D eigenvalue weighted by molar-refractivity contribution is 7.85. The molecule has 0 atom stereocenters. The first kappa shape index (κ1) is 30.4. The molecule has 0 saturated heterocycles. The molecule has 196 valence electrons. The van der Waals surface area contributed by atoms with Crippen LogP contribution in [0.4, 0.5) is 0 Å². The van der Waals surface area contributed by atoms with Crippen LogP contribution in [0, 0.1) is 0 Å². The van der Waals surface area contributed by atoms with Gasteiger partial charge >= 0.3 is 0 Å². The maximum atomic E-state index is 12.5. The fraction of sp³-hybridized carbons (Fsp3) is 0.190. The van der Waals surface area contributed by atoms with Gasteiger partial charge in [0, 0.05) is 10.9 Å². The van der Waals surface area contributed by atoms with Gasteiger partial charge in [-0.15, -0.1) is 0 Å². The monoisotopic (exact) mass is 542 g/mol. The van der Waals surface area contributed by atoms with E-state index in [0.717, 1.165) is 5.56 Å². The van der Waals surface area contributed by atoms with Crippen molar-refractivity contribution in [3.05, 3.63) is 60.2 Å². The van der Waals surface area contributed by atoms with Crippen molar-refractivity contribution < 1.29 is 40.6 Å². The van der Waals surface area contributed by atoms with Crippen LogP contribution in [-0.4, -0.2) is 73.6 Å². The number of rotatable bonds is 5. The molecular weight excluding hydrogens is 516 g/mol. The molecule has 0 unspecified atom stereocenters. The van der Waals surface area contributed by atoms with Gasteiger partial charge in [0.15, 0.2) is 5.96 Å². The largest absolute Gasteiger partial charge is 0.489 e. The molecule has 0 saturated carbocycles. The third kappa shape index (κ3) is 12.2. The average Bonchev–Trinajstić information content (AvgIpc) is 2.74. The zero-order valence-electron chi connectivity index (χ0n) is 19.3. The molecular formula is C21H26N4O9S2. The topological polar surface area (TPSA) is 233 Å². The average molecular weight is 543 g/mol. The number of hydrogen-bond donors (Lipinski definition) is 5. The molecule has 1 aromatic heterocycles. The Labute approximate surface area is 207 Å². The number of aromatic nitrogens is 1. The molecule has 0 radical (unpaired) electrons. The van der Waals surface area contributed by atoms with Gasteiger partial charge in [0.2, 0.25) is 0 Å². The number of benzene rings is 2. The molecule has 0 aliphatic carbocycles. The zero-order chi connectivity index (χ0) is 27.5. The summed E-state index contributed by atoms with van der Waals surface area (Å²) in [6, 6.07) is 16.3. The molecule has 36 heavy (non-hydrogen) atoms. The van der Waals surface area contributed by atoms with E-state index in [1.807, 2.05) is 30.3 Å². The summed E-state index contributed by atoms with van der Waals surface area (Å²) in [5, 5.41) is 9.59. The second-order valence-corrected chi connectivity index (χ2v) is 9.89. The van der Waals surface area contributed by atoms with Gasteiger partial charge in [-0.2, -0.15) is 21.8 Å².